The van der Waals surface area contributed by atoms with E-state index < -0.39 is 17.4 Å². The molecular weight excluding hydrogens is 386 g/mol. The maximum Gasteiger partial charge on any atom is 0.258 e. The Hall–Kier alpha value is -3.36. The molecule has 30 heavy (non-hydrogen) atoms. The van der Waals surface area contributed by atoms with Gasteiger partial charge in [0.2, 0.25) is 17.8 Å². The molecule has 9 heteroatoms. The van der Waals surface area contributed by atoms with Gasteiger partial charge in [-0.15, -0.1) is 0 Å². The Bertz CT molecular complexity index is 1020. The number of benzene rings is 1. The van der Waals surface area contributed by atoms with Crippen LogP contribution in [0.4, 0.5) is 17.5 Å². The van der Waals surface area contributed by atoms with Crippen LogP contribution < -0.4 is 25.8 Å². The lowest BCUT2D eigenvalue weighted by molar-refractivity contribution is -0.123. The number of rotatable bonds is 4. The number of nitrogens with one attached hydrogen (secondary N) is 3. The highest BCUT2D eigenvalue weighted by Gasteiger charge is 2.35. The van der Waals surface area contributed by atoms with Gasteiger partial charge in [0.25, 0.3) is 5.56 Å². The average Bonchev–Trinajstić information content (AvgIpc) is 2.73. The van der Waals surface area contributed by atoms with Crippen LogP contribution in [0.25, 0.3) is 0 Å². The maximum absolute atomic E-state index is 12.9. The molecule has 4 rings (SSSR count). The first-order valence-electron chi connectivity index (χ1n) is 10.1. The van der Waals surface area contributed by atoms with Crippen molar-refractivity contribution < 1.29 is 14.3 Å². The molecule has 2 aromatic rings. The SMILES string of the molecule is COc1ccc(NC(=O)[C@H]2CC(=O)Nc3nc(N4CCCC[C@@H]4C)[nH]c(=O)c32)cc1. The van der Waals surface area contributed by atoms with E-state index in [1.165, 1.54) is 0 Å². The lowest BCUT2D eigenvalue weighted by Crippen LogP contribution is -2.41. The second-order valence-corrected chi connectivity index (χ2v) is 7.71. The van der Waals surface area contributed by atoms with Gasteiger partial charge in [-0.1, -0.05) is 0 Å². The Morgan fingerprint density at radius 1 is 1.23 bits per heavy atom. The third kappa shape index (κ3) is 3.87. The third-order valence-corrected chi connectivity index (χ3v) is 5.69. The molecule has 0 bridgehead atoms. The Labute approximate surface area is 173 Å². The number of H-pyrrole nitrogens is 1. The number of piperidine rings is 1. The largest absolute Gasteiger partial charge is 0.497 e. The molecule has 1 fully saturated rings. The standard InChI is InChI=1S/C21H25N5O4/c1-12-5-3-4-10-26(12)21-24-18-17(20(29)25-21)15(11-16(27)23-18)19(28)22-13-6-8-14(30-2)9-7-13/h6-9,12,15H,3-5,10-11H2,1-2H3,(H,22,28)(H2,23,24,25,27,29)/t12-,15-/m0/s1. The molecule has 158 valence electrons. The summed E-state index contributed by atoms with van der Waals surface area (Å²) in [6, 6.07) is 7.08. The first kappa shape index (κ1) is 19.9. The molecule has 2 atom stereocenters. The summed E-state index contributed by atoms with van der Waals surface area (Å²) in [5, 5.41) is 5.44. The molecule has 0 spiro atoms. The third-order valence-electron chi connectivity index (χ3n) is 5.69. The zero-order valence-electron chi connectivity index (χ0n) is 17.0. The average molecular weight is 411 g/mol. The van der Waals surface area contributed by atoms with Crippen LogP contribution in [0.2, 0.25) is 0 Å². The zero-order valence-corrected chi connectivity index (χ0v) is 17.0. The highest BCUT2D eigenvalue weighted by molar-refractivity contribution is 6.04. The van der Waals surface area contributed by atoms with E-state index in [2.05, 4.69) is 27.5 Å². The van der Waals surface area contributed by atoms with E-state index in [0.717, 1.165) is 25.8 Å². The van der Waals surface area contributed by atoms with Crippen molar-refractivity contribution in [3.63, 3.8) is 0 Å². The van der Waals surface area contributed by atoms with Crippen LogP contribution >= 0.6 is 0 Å². The predicted octanol–water partition coefficient (Wildman–Crippen LogP) is 2.22. The van der Waals surface area contributed by atoms with Gasteiger partial charge >= 0.3 is 0 Å². The monoisotopic (exact) mass is 411 g/mol. The molecular formula is C21H25N5O4. The van der Waals surface area contributed by atoms with Crippen molar-refractivity contribution in [2.75, 3.05) is 29.2 Å². The van der Waals surface area contributed by atoms with Gasteiger partial charge in [0.05, 0.1) is 18.6 Å². The number of amides is 2. The summed E-state index contributed by atoms with van der Waals surface area (Å²) in [5.41, 5.74) is 0.341. The number of hydrogen-bond donors (Lipinski definition) is 3. The molecule has 0 saturated carbocycles. The van der Waals surface area contributed by atoms with Crippen molar-refractivity contribution in [1.29, 1.82) is 0 Å². The minimum absolute atomic E-state index is 0.112. The molecule has 1 aromatic heterocycles. The molecule has 0 unspecified atom stereocenters. The Morgan fingerprint density at radius 3 is 2.70 bits per heavy atom. The second-order valence-electron chi connectivity index (χ2n) is 7.71. The summed E-state index contributed by atoms with van der Waals surface area (Å²) in [4.78, 5) is 47.5. The summed E-state index contributed by atoms with van der Waals surface area (Å²) in [6.45, 7) is 2.88. The summed E-state index contributed by atoms with van der Waals surface area (Å²) >= 11 is 0. The smallest absolute Gasteiger partial charge is 0.258 e. The van der Waals surface area contributed by atoms with Gasteiger partial charge in [0.1, 0.15) is 11.6 Å². The van der Waals surface area contributed by atoms with Crippen molar-refractivity contribution in [2.24, 2.45) is 0 Å². The predicted molar refractivity (Wildman–Crippen MR) is 113 cm³/mol. The molecule has 2 amide bonds. The Morgan fingerprint density at radius 2 is 2.00 bits per heavy atom. The normalized spacial score (nSPS) is 20.9. The van der Waals surface area contributed by atoms with Crippen molar-refractivity contribution in [3.05, 3.63) is 40.2 Å². The van der Waals surface area contributed by atoms with E-state index in [-0.39, 0.29) is 29.8 Å². The summed E-state index contributed by atoms with van der Waals surface area (Å²) in [6.07, 6.45) is 3.06. The molecule has 3 N–H and O–H groups in total. The Balaban J connectivity index is 1.63. The van der Waals surface area contributed by atoms with Crippen molar-refractivity contribution in [1.82, 2.24) is 9.97 Å². The molecule has 3 heterocycles. The van der Waals surface area contributed by atoms with Crippen LogP contribution in [-0.4, -0.2) is 41.5 Å². The minimum atomic E-state index is -0.917. The van der Waals surface area contributed by atoms with Gasteiger partial charge in [0, 0.05) is 24.7 Å². The number of nitrogens with zero attached hydrogens (tertiary/aromatic N) is 2. The van der Waals surface area contributed by atoms with Crippen LogP contribution in [0.15, 0.2) is 29.1 Å². The fourth-order valence-electron chi connectivity index (χ4n) is 4.04. The van der Waals surface area contributed by atoms with Crippen LogP contribution in [0.1, 0.15) is 44.1 Å². The highest BCUT2D eigenvalue weighted by atomic mass is 16.5. The number of fused-ring (bicyclic) bond motifs is 1. The summed E-state index contributed by atoms with van der Waals surface area (Å²) in [5.74, 6) is -0.425. The number of carbonyl (C=O) groups is 2. The number of methoxy groups -OCH3 is 1. The number of aromatic nitrogens is 2. The molecule has 1 saturated heterocycles. The lowest BCUT2D eigenvalue weighted by atomic mass is 9.92. The molecule has 2 aliphatic heterocycles. The van der Waals surface area contributed by atoms with E-state index in [1.807, 2.05) is 4.90 Å². The molecule has 1 aromatic carbocycles. The fraction of sp³-hybridized carbons (Fsp3) is 0.429. The maximum atomic E-state index is 12.9. The van der Waals surface area contributed by atoms with Crippen molar-refractivity contribution in [3.8, 4) is 5.75 Å². The molecule has 2 aliphatic rings. The van der Waals surface area contributed by atoms with E-state index in [4.69, 9.17) is 4.74 Å². The van der Waals surface area contributed by atoms with Crippen LogP contribution in [0, 0.1) is 0 Å². The number of hydrogen-bond acceptors (Lipinski definition) is 6. The topological polar surface area (TPSA) is 116 Å². The molecule has 9 nitrogen and oxygen atoms in total. The Kier molecular flexibility index (Phi) is 5.43. The van der Waals surface area contributed by atoms with Crippen LogP contribution in [-0.2, 0) is 9.59 Å². The van der Waals surface area contributed by atoms with E-state index in [1.54, 1.807) is 31.4 Å². The van der Waals surface area contributed by atoms with Gasteiger partial charge < -0.3 is 20.3 Å². The van der Waals surface area contributed by atoms with Gasteiger partial charge in [-0.3, -0.25) is 19.4 Å². The summed E-state index contributed by atoms with van der Waals surface area (Å²) in [7, 11) is 1.56. The number of anilines is 3. The van der Waals surface area contributed by atoms with Crippen LogP contribution in [0.3, 0.4) is 0 Å². The molecule has 0 radical (unpaired) electrons. The van der Waals surface area contributed by atoms with E-state index in [9.17, 15) is 14.4 Å². The number of carbonyl (C=O) groups excluding carboxylic acids is 2. The quantitative estimate of drug-likeness (QED) is 0.710. The van der Waals surface area contributed by atoms with Crippen molar-refractivity contribution >= 4 is 29.3 Å². The summed E-state index contributed by atoms with van der Waals surface area (Å²) < 4.78 is 5.11. The second kappa shape index (κ2) is 8.17. The highest BCUT2D eigenvalue weighted by Crippen LogP contribution is 2.31. The van der Waals surface area contributed by atoms with E-state index in [0.29, 0.717) is 17.4 Å². The van der Waals surface area contributed by atoms with Gasteiger partial charge in [-0.25, -0.2) is 0 Å². The van der Waals surface area contributed by atoms with Gasteiger partial charge in [-0.2, -0.15) is 4.98 Å². The molecule has 0 aliphatic carbocycles. The minimum Gasteiger partial charge on any atom is -0.497 e. The lowest BCUT2D eigenvalue weighted by Gasteiger charge is -2.34. The van der Waals surface area contributed by atoms with Crippen LogP contribution in [0.5, 0.6) is 5.75 Å². The van der Waals surface area contributed by atoms with Crippen molar-refractivity contribution in [2.45, 2.75) is 44.6 Å². The van der Waals surface area contributed by atoms with Gasteiger partial charge in [0.15, 0.2) is 0 Å². The first-order chi connectivity index (χ1) is 14.5. The fourth-order valence-corrected chi connectivity index (χ4v) is 4.04. The number of aromatic amines is 1. The zero-order chi connectivity index (χ0) is 21.3. The first-order valence-corrected chi connectivity index (χ1v) is 10.1. The van der Waals surface area contributed by atoms with Gasteiger partial charge in [-0.05, 0) is 50.5 Å². The number of ether oxygens (including phenoxy) is 1. The van der Waals surface area contributed by atoms with E-state index >= 15 is 0 Å².